The lowest BCUT2D eigenvalue weighted by molar-refractivity contribution is -0.711. The molecule has 0 bridgehead atoms. The molecule has 7 nitrogen and oxygen atoms in total. The molecule has 0 aliphatic carbocycles. The van der Waals surface area contributed by atoms with Gasteiger partial charge >= 0.3 is 0 Å². The molecule has 1 rings (SSSR count). The lowest BCUT2D eigenvalue weighted by atomic mass is 10.3. The standard InChI is InChI=1S/C6H15N5O2/c7-1-2-9-3-5-10(6-4-9)11(13)8-12/h12H,1-7H2/b11-8+. The molecule has 0 radical (unpaired) electrons. The Labute approximate surface area is 76.5 Å². The maximum absolute atomic E-state index is 10.8. The molecule has 1 saturated heterocycles. The van der Waals surface area contributed by atoms with E-state index in [1.807, 2.05) is 0 Å². The van der Waals surface area contributed by atoms with Crippen molar-refractivity contribution >= 4 is 0 Å². The summed E-state index contributed by atoms with van der Waals surface area (Å²) in [5.74, 6) is 0. The normalized spacial score (nSPS) is 20.7. The Morgan fingerprint density at radius 2 is 2.00 bits per heavy atom. The van der Waals surface area contributed by atoms with Crippen LogP contribution in [0.2, 0.25) is 0 Å². The Hall–Kier alpha value is -1.08. The Kier molecular flexibility index (Phi) is 3.71. The SMILES string of the molecule is NCCN1CCN(/[N+]([O-])=N\O)CC1. The van der Waals surface area contributed by atoms with Crippen LogP contribution in [0.25, 0.3) is 0 Å². The molecule has 0 spiro atoms. The van der Waals surface area contributed by atoms with Gasteiger partial charge in [-0.3, -0.25) is 4.90 Å². The number of rotatable bonds is 3. The summed E-state index contributed by atoms with van der Waals surface area (Å²) in [5, 5.41) is 23.0. The fraction of sp³-hybridized carbons (Fsp3) is 1.00. The van der Waals surface area contributed by atoms with Crippen molar-refractivity contribution in [3.8, 4) is 0 Å². The first-order valence-corrected chi connectivity index (χ1v) is 4.27. The molecule has 0 atom stereocenters. The molecule has 0 unspecified atom stereocenters. The van der Waals surface area contributed by atoms with Gasteiger partial charge in [-0.15, -0.1) is 5.01 Å². The lowest BCUT2D eigenvalue weighted by Crippen LogP contribution is -2.49. The van der Waals surface area contributed by atoms with Crippen LogP contribution in [0.4, 0.5) is 0 Å². The van der Waals surface area contributed by atoms with Crippen LogP contribution in [0, 0.1) is 5.21 Å². The van der Waals surface area contributed by atoms with Crippen molar-refractivity contribution in [2.45, 2.75) is 0 Å². The Morgan fingerprint density at radius 1 is 1.38 bits per heavy atom. The van der Waals surface area contributed by atoms with Crippen LogP contribution in [-0.4, -0.2) is 59.4 Å². The van der Waals surface area contributed by atoms with E-state index in [1.54, 1.807) is 0 Å². The predicted molar refractivity (Wildman–Crippen MR) is 44.9 cm³/mol. The van der Waals surface area contributed by atoms with E-state index in [9.17, 15) is 5.21 Å². The van der Waals surface area contributed by atoms with Crippen LogP contribution >= 0.6 is 0 Å². The average molecular weight is 189 g/mol. The van der Waals surface area contributed by atoms with Crippen LogP contribution in [0.15, 0.2) is 5.28 Å². The van der Waals surface area contributed by atoms with Crippen LogP contribution in [0.3, 0.4) is 0 Å². The zero-order valence-electron chi connectivity index (χ0n) is 7.46. The summed E-state index contributed by atoms with van der Waals surface area (Å²) in [6.45, 7) is 4.20. The van der Waals surface area contributed by atoms with Crippen molar-refractivity contribution in [3.05, 3.63) is 5.21 Å². The van der Waals surface area contributed by atoms with Crippen molar-refractivity contribution < 1.29 is 10.2 Å². The highest BCUT2D eigenvalue weighted by Crippen LogP contribution is 2.00. The lowest BCUT2D eigenvalue weighted by Gasteiger charge is -2.30. The molecular weight excluding hydrogens is 174 g/mol. The third-order valence-electron chi connectivity index (χ3n) is 2.11. The van der Waals surface area contributed by atoms with E-state index in [-0.39, 0.29) is 4.97 Å². The minimum absolute atomic E-state index is 0.222. The third-order valence-corrected chi connectivity index (χ3v) is 2.11. The summed E-state index contributed by atoms with van der Waals surface area (Å²) >= 11 is 0. The van der Waals surface area contributed by atoms with E-state index in [1.165, 1.54) is 5.01 Å². The first kappa shape index (κ1) is 10.0. The Morgan fingerprint density at radius 3 is 2.46 bits per heavy atom. The maximum Gasteiger partial charge on any atom is 0.230 e. The summed E-state index contributed by atoms with van der Waals surface area (Å²) in [6, 6.07) is 0. The first-order valence-electron chi connectivity index (χ1n) is 4.27. The van der Waals surface area contributed by atoms with E-state index >= 15 is 0 Å². The highest BCUT2D eigenvalue weighted by Gasteiger charge is 2.21. The van der Waals surface area contributed by atoms with Gasteiger partial charge in [-0.2, -0.15) is 0 Å². The molecule has 0 aromatic rings. The van der Waals surface area contributed by atoms with Crippen LogP contribution in [0.5, 0.6) is 0 Å². The van der Waals surface area contributed by atoms with Gasteiger partial charge < -0.3 is 16.1 Å². The second-order valence-corrected chi connectivity index (χ2v) is 2.93. The van der Waals surface area contributed by atoms with Crippen molar-refractivity contribution in [1.82, 2.24) is 9.91 Å². The van der Waals surface area contributed by atoms with Crippen LogP contribution < -0.4 is 5.73 Å². The van der Waals surface area contributed by atoms with Crippen molar-refractivity contribution in [3.63, 3.8) is 0 Å². The summed E-state index contributed by atoms with van der Waals surface area (Å²) in [7, 11) is 0. The van der Waals surface area contributed by atoms with Gasteiger partial charge in [0.2, 0.25) is 5.28 Å². The monoisotopic (exact) mass is 189 g/mol. The van der Waals surface area contributed by atoms with Crippen LogP contribution in [-0.2, 0) is 0 Å². The molecule has 0 aromatic carbocycles. The largest absolute Gasteiger partial charge is 0.569 e. The van der Waals surface area contributed by atoms with Crippen molar-refractivity contribution in [1.29, 1.82) is 0 Å². The van der Waals surface area contributed by atoms with Gasteiger partial charge in [0, 0.05) is 26.2 Å². The number of nitrogens with two attached hydrogens (primary N) is 1. The summed E-state index contributed by atoms with van der Waals surface area (Å²) < 4.78 is 0. The molecule has 0 aromatic heterocycles. The van der Waals surface area contributed by atoms with Crippen molar-refractivity contribution in [2.24, 2.45) is 11.0 Å². The Balaban J connectivity index is 2.30. The molecule has 0 saturated carbocycles. The van der Waals surface area contributed by atoms with E-state index in [0.717, 1.165) is 19.6 Å². The van der Waals surface area contributed by atoms with Gasteiger partial charge in [-0.05, 0) is 0 Å². The van der Waals surface area contributed by atoms with Gasteiger partial charge in [0.25, 0.3) is 0 Å². The third kappa shape index (κ3) is 2.71. The van der Waals surface area contributed by atoms with Gasteiger partial charge in [-0.25, -0.2) is 0 Å². The number of hydrogen-bond donors (Lipinski definition) is 2. The first-order chi connectivity index (χ1) is 6.27. The molecule has 3 N–H and O–H groups in total. The zero-order valence-corrected chi connectivity index (χ0v) is 7.46. The summed E-state index contributed by atoms with van der Waals surface area (Å²) in [6.07, 6.45) is 0. The number of piperazine rings is 1. The van der Waals surface area contributed by atoms with E-state index in [2.05, 4.69) is 10.2 Å². The minimum Gasteiger partial charge on any atom is -0.569 e. The van der Waals surface area contributed by atoms with Gasteiger partial charge in [0.05, 0.1) is 18.1 Å². The molecule has 1 heterocycles. The molecule has 1 aliphatic rings. The van der Waals surface area contributed by atoms with Gasteiger partial charge in [0.15, 0.2) is 0 Å². The highest BCUT2D eigenvalue weighted by atomic mass is 16.6. The van der Waals surface area contributed by atoms with E-state index in [0.29, 0.717) is 19.6 Å². The smallest absolute Gasteiger partial charge is 0.230 e. The molecule has 13 heavy (non-hydrogen) atoms. The summed E-state index contributed by atoms with van der Waals surface area (Å²) in [5.41, 5.74) is 5.39. The Bertz CT molecular complexity index is 178. The van der Waals surface area contributed by atoms with Crippen molar-refractivity contribution in [2.75, 3.05) is 39.3 Å². The fourth-order valence-electron chi connectivity index (χ4n) is 1.37. The second kappa shape index (κ2) is 4.83. The maximum atomic E-state index is 10.8. The molecule has 0 amide bonds. The number of hydrogen-bond acceptors (Lipinski definition) is 4. The molecule has 1 fully saturated rings. The highest BCUT2D eigenvalue weighted by molar-refractivity contribution is 4.66. The number of hydrazine groups is 1. The zero-order chi connectivity index (χ0) is 9.68. The second-order valence-electron chi connectivity index (χ2n) is 2.93. The molecule has 76 valence electrons. The topological polar surface area (TPSA) is 91.2 Å². The quantitative estimate of drug-likeness (QED) is 0.331. The predicted octanol–water partition coefficient (Wildman–Crippen LogP) is -1.17. The summed E-state index contributed by atoms with van der Waals surface area (Å²) in [4.78, 5) is 2.39. The van der Waals surface area contributed by atoms with Crippen LogP contribution in [0.1, 0.15) is 0 Å². The molecule has 7 heteroatoms. The minimum atomic E-state index is 0.222. The average Bonchev–Trinajstić information content (AvgIpc) is 2.18. The van der Waals surface area contributed by atoms with Gasteiger partial charge in [0.1, 0.15) is 0 Å². The number of nitrogens with zero attached hydrogens (tertiary/aromatic N) is 4. The molecule has 1 aliphatic heterocycles. The van der Waals surface area contributed by atoms with Gasteiger partial charge in [-0.1, -0.05) is 0 Å². The van der Waals surface area contributed by atoms with E-state index < -0.39 is 0 Å². The van der Waals surface area contributed by atoms with E-state index in [4.69, 9.17) is 10.9 Å². The fourth-order valence-corrected chi connectivity index (χ4v) is 1.37. The molecular formula is C6H15N5O2.